The fraction of sp³-hybridized carbons (Fsp3) is 0.480. The molecule has 0 amide bonds. The topological polar surface area (TPSA) is 83.8 Å². The molecule has 0 radical (unpaired) electrons. The number of aryl methyl sites for hydroxylation is 4. The summed E-state index contributed by atoms with van der Waals surface area (Å²) in [5.74, 6) is -0.175. The van der Waals surface area contributed by atoms with Gasteiger partial charge in [0.05, 0.1) is 11.1 Å². The number of carbonyl (C=O) groups excluding carboxylic acids is 1. The van der Waals surface area contributed by atoms with Gasteiger partial charge < -0.3 is 14.9 Å². The molecular formula is C50H70O5. The number of phenolic OH excluding ortho intramolecular Hbond substituents is 1. The van der Waals surface area contributed by atoms with Gasteiger partial charge in [0.15, 0.2) is 0 Å². The van der Waals surface area contributed by atoms with Crippen LogP contribution in [0.2, 0.25) is 0 Å². The van der Waals surface area contributed by atoms with E-state index in [1.807, 2.05) is 60.7 Å². The lowest BCUT2D eigenvalue weighted by molar-refractivity contribution is 0.0694. The molecule has 300 valence electrons. The zero-order valence-electron chi connectivity index (χ0n) is 34.5. The highest BCUT2D eigenvalue weighted by molar-refractivity contribution is 5.91. The molecule has 2 N–H and O–H groups in total. The van der Waals surface area contributed by atoms with Crippen LogP contribution in [0.5, 0.6) is 11.5 Å². The fourth-order valence-corrected chi connectivity index (χ4v) is 6.20. The molecule has 0 saturated heterocycles. The number of carboxylic acid groups (broad SMARTS) is 1. The first-order valence-electron chi connectivity index (χ1n) is 21.3. The Balaban J connectivity index is 0.000000315. The van der Waals surface area contributed by atoms with Gasteiger partial charge in [0, 0.05) is 0 Å². The van der Waals surface area contributed by atoms with Gasteiger partial charge in [0.1, 0.15) is 11.5 Å². The summed E-state index contributed by atoms with van der Waals surface area (Å²) in [6.45, 7) is 8.86. The lowest BCUT2D eigenvalue weighted by atomic mass is 10.0. The number of aromatic hydroxyl groups is 1. The number of aromatic carboxylic acids is 1. The smallest absolute Gasteiger partial charge is 0.343 e. The van der Waals surface area contributed by atoms with Gasteiger partial charge in [-0.25, -0.2) is 9.59 Å². The molecule has 5 heteroatoms. The van der Waals surface area contributed by atoms with Crippen LogP contribution >= 0.6 is 0 Å². The molecular weight excluding hydrogens is 681 g/mol. The van der Waals surface area contributed by atoms with Gasteiger partial charge >= 0.3 is 11.9 Å². The van der Waals surface area contributed by atoms with Crippen molar-refractivity contribution >= 4 is 11.9 Å². The third kappa shape index (κ3) is 21.9. The molecule has 0 aliphatic carbocycles. The molecule has 0 spiro atoms. The summed E-state index contributed by atoms with van der Waals surface area (Å²) < 4.78 is 5.51. The molecule has 4 rings (SSSR count). The Morgan fingerprint density at radius 1 is 0.418 bits per heavy atom. The van der Waals surface area contributed by atoms with Crippen LogP contribution in [0.15, 0.2) is 97.1 Å². The number of ether oxygens (including phenoxy) is 1. The van der Waals surface area contributed by atoms with Crippen LogP contribution in [-0.2, 0) is 25.7 Å². The number of rotatable bonds is 23. The molecule has 0 atom stereocenters. The number of carbonyl (C=O) groups is 2. The zero-order chi connectivity index (χ0) is 39.9. The summed E-state index contributed by atoms with van der Waals surface area (Å²) in [4.78, 5) is 23.0. The Morgan fingerprint density at radius 2 is 0.727 bits per heavy atom. The Morgan fingerprint density at radius 3 is 1.11 bits per heavy atom. The molecule has 0 heterocycles. The largest absolute Gasteiger partial charge is 0.508 e. The summed E-state index contributed by atoms with van der Waals surface area (Å²) in [5, 5.41) is 17.8. The molecule has 0 aromatic heterocycles. The Bertz CT molecular complexity index is 1540. The van der Waals surface area contributed by atoms with Crippen molar-refractivity contribution in [3.63, 3.8) is 0 Å². The van der Waals surface area contributed by atoms with Crippen molar-refractivity contribution in [2.24, 2.45) is 0 Å². The first-order chi connectivity index (χ1) is 26.8. The zero-order valence-corrected chi connectivity index (χ0v) is 34.5. The van der Waals surface area contributed by atoms with Crippen LogP contribution in [0.1, 0.15) is 173 Å². The predicted molar refractivity (Wildman–Crippen MR) is 231 cm³/mol. The number of phenols is 1. The molecule has 0 fully saturated rings. The van der Waals surface area contributed by atoms with E-state index in [9.17, 15) is 9.59 Å². The summed E-state index contributed by atoms with van der Waals surface area (Å²) >= 11 is 0. The monoisotopic (exact) mass is 751 g/mol. The normalized spacial score (nSPS) is 10.5. The van der Waals surface area contributed by atoms with Crippen molar-refractivity contribution in [2.75, 3.05) is 0 Å². The maximum Gasteiger partial charge on any atom is 0.343 e. The van der Waals surface area contributed by atoms with Crippen molar-refractivity contribution < 1.29 is 24.5 Å². The lowest BCUT2D eigenvalue weighted by Crippen LogP contribution is -2.08. The van der Waals surface area contributed by atoms with E-state index in [0.717, 1.165) is 25.7 Å². The second-order valence-corrected chi connectivity index (χ2v) is 14.6. The highest BCUT2D eigenvalue weighted by Gasteiger charge is 2.09. The summed E-state index contributed by atoms with van der Waals surface area (Å²) in [7, 11) is 0. The SMILES string of the molecule is CCCCCCCc1ccc(C(=O)O)cc1.CCCCCCCc1ccc(C(=O)Oc2ccc(CCCCC)cc2)cc1.CCCCCc1ccc(O)cc1. The van der Waals surface area contributed by atoms with E-state index in [2.05, 4.69) is 39.8 Å². The van der Waals surface area contributed by atoms with Crippen LogP contribution in [0.4, 0.5) is 0 Å². The van der Waals surface area contributed by atoms with Gasteiger partial charge in [-0.1, -0.05) is 153 Å². The Kier molecular flexibility index (Phi) is 25.4. The van der Waals surface area contributed by atoms with E-state index in [1.165, 1.54) is 125 Å². The van der Waals surface area contributed by atoms with E-state index in [1.54, 1.807) is 24.3 Å². The van der Waals surface area contributed by atoms with Crippen molar-refractivity contribution in [1.29, 1.82) is 0 Å². The maximum atomic E-state index is 12.3. The van der Waals surface area contributed by atoms with E-state index < -0.39 is 5.97 Å². The van der Waals surface area contributed by atoms with Crippen molar-refractivity contribution in [1.82, 2.24) is 0 Å². The van der Waals surface area contributed by atoms with Crippen LogP contribution in [0.25, 0.3) is 0 Å². The molecule has 0 aliphatic heterocycles. The van der Waals surface area contributed by atoms with Gasteiger partial charge in [0.25, 0.3) is 0 Å². The second-order valence-electron chi connectivity index (χ2n) is 14.6. The number of benzene rings is 4. The summed E-state index contributed by atoms with van der Waals surface area (Å²) in [5.41, 5.74) is 6.13. The minimum atomic E-state index is -0.852. The molecule has 0 saturated carbocycles. The van der Waals surface area contributed by atoms with Crippen molar-refractivity contribution in [2.45, 2.75) is 156 Å². The van der Waals surface area contributed by atoms with Crippen LogP contribution in [0.3, 0.4) is 0 Å². The molecule has 0 bridgehead atoms. The number of carboxylic acids is 1. The van der Waals surface area contributed by atoms with E-state index >= 15 is 0 Å². The average Bonchev–Trinajstić information content (AvgIpc) is 3.20. The van der Waals surface area contributed by atoms with Crippen molar-refractivity contribution in [3.8, 4) is 11.5 Å². The van der Waals surface area contributed by atoms with Gasteiger partial charge in [0.2, 0.25) is 0 Å². The van der Waals surface area contributed by atoms with Crippen LogP contribution in [0, 0.1) is 0 Å². The van der Waals surface area contributed by atoms with Gasteiger partial charge in [-0.15, -0.1) is 0 Å². The molecule has 0 aliphatic rings. The van der Waals surface area contributed by atoms with Crippen LogP contribution < -0.4 is 4.74 Å². The van der Waals surface area contributed by atoms with Crippen LogP contribution in [-0.4, -0.2) is 22.2 Å². The van der Waals surface area contributed by atoms with Gasteiger partial charge in [-0.2, -0.15) is 0 Å². The first kappa shape index (κ1) is 46.8. The number of hydrogen-bond donors (Lipinski definition) is 2. The first-order valence-corrected chi connectivity index (χ1v) is 21.3. The second kappa shape index (κ2) is 29.9. The number of hydrogen-bond acceptors (Lipinski definition) is 4. The van der Waals surface area contributed by atoms with E-state index in [-0.39, 0.29) is 5.97 Å². The quantitative estimate of drug-likeness (QED) is 0.0448. The summed E-state index contributed by atoms with van der Waals surface area (Å²) in [6, 6.07) is 30.4. The lowest BCUT2D eigenvalue weighted by Gasteiger charge is -2.07. The Hall–Kier alpha value is -4.38. The molecule has 4 aromatic rings. The Labute approximate surface area is 333 Å². The molecule has 5 nitrogen and oxygen atoms in total. The van der Waals surface area contributed by atoms with Crippen molar-refractivity contribution in [3.05, 3.63) is 130 Å². The number of esters is 1. The third-order valence-electron chi connectivity index (χ3n) is 9.74. The standard InChI is InChI=1S/C25H34O2.C14H20O2.C11H16O/c1-3-5-7-8-10-12-21-13-17-23(18-14-21)25(26)27-24-19-15-22(16-20-24)11-9-6-4-2;1-2-3-4-5-6-7-12-8-10-13(11-9-12)14(15)16;1-2-3-4-5-10-6-8-11(12)9-7-10/h13-20H,3-12H2,1-2H3;8-11H,2-7H2,1H3,(H,15,16);6-9,12H,2-5H2,1H3. The average molecular weight is 751 g/mol. The third-order valence-corrected chi connectivity index (χ3v) is 9.74. The number of unbranched alkanes of at least 4 members (excludes halogenated alkanes) is 12. The molecule has 0 unspecified atom stereocenters. The predicted octanol–water partition coefficient (Wildman–Crippen LogP) is 14.2. The fourth-order valence-electron chi connectivity index (χ4n) is 6.20. The molecule has 55 heavy (non-hydrogen) atoms. The highest BCUT2D eigenvalue weighted by Crippen LogP contribution is 2.18. The maximum absolute atomic E-state index is 12.3. The minimum absolute atomic E-state index is 0.289. The van der Waals surface area contributed by atoms with Gasteiger partial charge in [-0.3, -0.25) is 0 Å². The van der Waals surface area contributed by atoms with Gasteiger partial charge in [-0.05, 0) is 122 Å². The van der Waals surface area contributed by atoms with E-state index in [4.69, 9.17) is 14.9 Å². The minimum Gasteiger partial charge on any atom is -0.508 e. The van der Waals surface area contributed by atoms with E-state index in [0.29, 0.717) is 22.6 Å². The summed E-state index contributed by atoms with van der Waals surface area (Å²) in [6.07, 6.45) is 24.6. The highest BCUT2D eigenvalue weighted by atomic mass is 16.5. The molecule has 4 aromatic carbocycles.